The van der Waals surface area contributed by atoms with Crippen LogP contribution in [0.4, 0.5) is 0 Å². The van der Waals surface area contributed by atoms with Crippen molar-refractivity contribution < 1.29 is 4.79 Å². The summed E-state index contributed by atoms with van der Waals surface area (Å²) in [4.78, 5) is 12.1. The van der Waals surface area contributed by atoms with Gasteiger partial charge in [0, 0.05) is 10.0 Å². The predicted octanol–water partition coefficient (Wildman–Crippen LogP) is 3.88. The van der Waals surface area contributed by atoms with Gasteiger partial charge in [-0.25, -0.2) is 0 Å². The lowest BCUT2D eigenvalue weighted by Gasteiger charge is -2.09. The molecular formula is C13H14BrNO. The summed E-state index contributed by atoms with van der Waals surface area (Å²) in [6.07, 6.45) is 1.47. The molecule has 2 nitrogen and oxygen atoms in total. The molecule has 1 aromatic rings. The summed E-state index contributed by atoms with van der Waals surface area (Å²) in [5, 5.41) is 8.97. The maximum Gasteiger partial charge on any atom is 0.180 e. The molecule has 0 bridgehead atoms. The zero-order valence-electron chi connectivity index (χ0n) is 9.46. The number of rotatable bonds is 4. The fraction of sp³-hybridized carbons (Fsp3) is 0.385. The fourth-order valence-corrected chi connectivity index (χ4v) is 1.95. The maximum absolute atomic E-state index is 12.1. The highest BCUT2D eigenvalue weighted by molar-refractivity contribution is 9.10. The summed E-state index contributed by atoms with van der Waals surface area (Å²) < 4.78 is 0.870. The highest BCUT2D eigenvalue weighted by atomic mass is 79.9. The standard InChI is InChI=1S/C13H14BrNO/c1-3-4-10(8-15)13(16)12-7-11(14)6-5-9(12)2/h5-7,10H,3-4H2,1-2H3. The van der Waals surface area contributed by atoms with Crippen LogP contribution in [0.3, 0.4) is 0 Å². The molecule has 0 aliphatic carbocycles. The summed E-state index contributed by atoms with van der Waals surface area (Å²) in [5.41, 5.74) is 1.57. The van der Waals surface area contributed by atoms with Gasteiger partial charge < -0.3 is 0 Å². The molecule has 0 fully saturated rings. The first kappa shape index (κ1) is 12.9. The van der Waals surface area contributed by atoms with Crippen LogP contribution >= 0.6 is 15.9 Å². The summed E-state index contributed by atoms with van der Waals surface area (Å²) in [6.45, 7) is 3.87. The number of carbonyl (C=O) groups is 1. The number of Topliss-reactive ketones (excluding diaryl/α,β-unsaturated/α-hetero) is 1. The van der Waals surface area contributed by atoms with Gasteiger partial charge in [-0.05, 0) is 31.0 Å². The molecule has 0 N–H and O–H groups in total. The van der Waals surface area contributed by atoms with Gasteiger partial charge in [-0.3, -0.25) is 4.79 Å². The van der Waals surface area contributed by atoms with Gasteiger partial charge in [-0.15, -0.1) is 0 Å². The van der Waals surface area contributed by atoms with Gasteiger partial charge in [0.25, 0.3) is 0 Å². The van der Waals surface area contributed by atoms with E-state index in [1.807, 2.05) is 26.0 Å². The summed E-state index contributed by atoms with van der Waals surface area (Å²) >= 11 is 3.34. The molecule has 84 valence electrons. The third-order valence-corrected chi connectivity index (χ3v) is 3.01. The lowest BCUT2D eigenvalue weighted by Crippen LogP contribution is -2.14. The second kappa shape index (κ2) is 5.81. The third kappa shape index (κ3) is 2.93. The topological polar surface area (TPSA) is 40.9 Å². The average Bonchev–Trinajstić information content (AvgIpc) is 2.28. The van der Waals surface area contributed by atoms with Crippen molar-refractivity contribution in [1.29, 1.82) is 5.26 Å². The lowest BCUT2D eigenvalue weighted by atomic mass is 9.92. The van der Waals surface area contributed by atoms with Crippen molar-refractivity contribution in [3.05, 3.63) is 33.8 Å². The van der Waals surface area contributed by atoms with Gasteiger partial charge in [-0.1, -0.05) is 35.3 Å². The Hall–Kier alpha value is -1.14. The normalized spacial score (nSPS) is 11.9. The molecule has 0 aliphatic heterocycles. The van der Waals surface area contributed by atoms with Gasteiger partial charge in [-0.2, -0.15) is 5.26 Å². The van der Waals surface area contributed by atoms with Gasteiger partial charge in [0.05, 0.1) is 6.07 Å². The third-order valence-electron chi connectivity index (χ3n) is 2.51. The van der Waals surface area contributed by atoms with Crippen LogP contribution in [0.25, 0.3) is 0 Å². The number of aryl methyl sites for hydroxylation is 1. The molecule has 1 unspecified atom stereocenters. The molecular weight excluding hydrogens is 266 g/mol. The SMILES string of the molecule is CCCC(C#N)C(=O)c1cc(Br)ccc1C. The van der Waals surface area contributed by atoms with Crippen LogP contribution in [0.1, 0.15) is 35.7 Å². The van der Waals surface area contributed by atoms with Gasteiger partial charge >= 0.3 is 0 Å². The minimum atomic E-state index is -0.516. The Labute approximate surface area is 104 Å². The summed E-state index contributed by atoms with van der Waals surface area (Å²) in [5.74, 6) is -0.582. The van der Waals surface area contributed by atoms with E-state index in [0.29, 0.717) is 12.0 Å². The highest BCUT2D eigenvalue weighted by Crippen LogP contribution is 2.21. The van der Waals surface area contributed by atoms with E-state index in [1.54, 1.807) is 6.07 Å². The molecule has 0 saturated heterocycles. The Bertz CT molecular complexity index is 434. The van der Waals surface area contributed by atoms with Gasteiger partial charge in [0.15, 0.2) is 5.78 Å². The molecule has 0 radical (unpaired) electrons. The Kier molecular flexibility index (Phi) is 4.70. The summed E-state index contributed by atoms with van der Waals surface area (Å²) in [7, 11) is 0. The van der Waals surface area contributed by atoms with Gasteiger partial charge in [0.1, 0.15) is 5.92 Å². The maximum atomic E-state index is 12.1. The number of hydrogen-bond acceptors (Lipinski definition) is 2. The zero-order chi connectivity index (χ0) is 12.1. The second-order valence-corrected chi connectivity index (χ2v) is 4.71. The average molecular weight is 280 g/mol. The van der Waals surface area contributed by atoms with E-state index in [4.69, 9.17) is 5.26 Å². The first-order valence-electron chi connectivity index (χ1n) is 5.30. The smallest absolute Gasteiger partial charge is 0.180 e. The van der Waals surface area contributed by atoms with E-state index >= 15 is 0 Å². The first-order valence-corrected chi connectivity index (χ1v) is 6.09. The molecule has 1 aromatic carbocycles. The van der Waals surface area contributed by atoms with Crippen molar-refractivity contribution in [2.45, 2.75) is 26.7 Å². The van der Waals surface area contributed by atoms with Gasteiger partial charge in [0.2, 0.25) is 0 Å². The van der Waals surface area contributed by atoms with Crippen LogP contribution in [-0.4, -0.2) is 5.78 Å². The van der Waals surface area contributed by atoms with Crippen LogP contribution in [0, 0.1) is 24.2 Å². The second-order valence-electron chi connectivity index (χ2n) is 3.79. The van der Waals surface area contributed by atoms with Crippen molar-refractivity contribution in [2.75, 3.05) is 0 Å². The number of halogens is 1. The number of benzene rings is 1. The Morgan fingerprint density at radius 3 is 2.81 bits per heavy atom. The van der Waals surface area contributed by atoms with Crippen molar-refractivity contribution in [1.82, 2.24) is 0 Å². The van der Waals surface area contributed by atoms with Crippen LogP contribution in [0.15, 0.2) is 22.7 Å². The molecule has 0 saturated carbocycles. The van der Waals surface area contributed by atoms with Crippen molar-refractivity contribution >= 4 is 21.7 Å². The van der Waals surface area contributed by atoms with E-state index < -0.39 is 5.92 Å². The number of hydrogen-bond donors (Lipinski definition) is 0. The van der Waals surface area contributed by atoms with Crippen LogP contribution in [0.2, 0.25) is 0 Å². The molecule has 0 aromatic heterocycles. The lowest BCUT2D eigenvalue weighted by molar-refractivity contribution is 0.0943. The molecule has 0 amide bonds. The Morgan fingerprint density at radius 2 is 2.25 bits per heavy atom. The van der Waals surface area contributed by atoms with E-state index in [-0.39, 0.29) is 5.78 Å². The predicted molar refractivity (Wildman–Crippen MR) is 67.2 cm³/mol. The summed E-state index contributed by atoms with van der Waals surface area (Å²) in [6, 6.07) is 7.66. The number of nitriles is 1. The van der Waals surface area contributed by atoms with Crippen LogP contribution in [-0.2, 0) is 0 Å². The number of ketones is 1. The molecule has 0 spiro atoms. The minimum absolute atomic E-state index is 0.0665. The number of nitrogens with zero attached hydrogens (tertiary/aromatic N) is 1. The van der Waals surface area contributed by atoms with E-state index in [0.717, 1.165) is 16.5 Å². The highest BCUT2D eigenvalue weighted by Gasteiger charge is 2.20. The quantitative estimate of drug-likeness (QED) is 0.785. The molecule has 1 rings (SSSR count). The van der Waals surface area contributed by atoms with Crippen LogP contribution < -0.4 is 0 Å². The van der Waals surface area contributed by atoms with Crippen molar-refractivity contribution in [3.8, 4) is 6.07 Å². The monoisotopic (exact) mass is 279 g/mol. The minimum Gasteiger partial charge on any atom is -0.293 e. The van der Waals surface area contributed by atoms with E-state index in [2.05, 4.69) is 22.0 Å². The van der Waals surface area contributed by atoms with Crippen molar-refractivity contribution in [3.63, 3.8) is 0 Å². The van der Waals surface area contributed by atoms with E-state index in [9.17, 15) is 4.79 Å². The first-order chi connectivity index (χ1) is 7.60. The Balaban J connectivity index is 3.04. The molecule has 0 aliphatic rings. The van der Waals surface area contributed by atoms with E-state index in [1.165, 1.54) is 0 Å². The largest absolute Gasteiger partial charge is 0.293 e. The van der Waals surface area contributed by atoms with Crippen molar-refractivity contribution in [2.24, 2.45) is 5.92 Å². The zero-order valence-corrected chi connectivity index (χ0v) is 11.0. The molecule has 16 heavy (non-hydrogen) atoms. The van der Waals surface area contributed by atoms with Crippen LogP contribution in [0.5, 0.6) is 0 Å². The molecule has 0 heterocycles. The number of carbonyl (C=O) groups excluding carboxylic acids is 1. The molecule has 1 atom stereocenters. The molecule has 3 heteroatoms. The Morgan fingerprint density at radius 1 is 1.56 bits per heavy atom. The fourth-order valence-electron chi connectivity index (χ4n) is 1.59.